The molecule has 516 valence electrons. The lowest BCUT2D eigenvalue weighted by Gasteiger charge is -2.42. The first-order chi connectivity index (χ1) is 48.0. The minimum atomic E-state index is -1.95. The molecule has 6 aliphatic carbocycles. The molecule has 1 aromatic heterocycles. The Balaban J connectivity index is 1.02. The van der Waals surface area contributed by atoms with Crippen LogP contribution < -0.4 is 20.7 Å². The third kappa shape index (κ3) is 14.6. The van der Waals surface area contributed by atoms with Crippen molar-refractivity contribution in [1.82, 2.24) is 15.6 Å². The number of nitrogens with one attached hydrogen (secondary N) is 4. The van der Waals surface area contributed by atoms with Crippen LogP contribution in [0.3, 0.4) is 0 Å². The first kappa shape index (κ1) is 67.9. The van der Waals surface area contributed by atoms with Gasteiger partial charge < -0.3 is 66.5 Å². The van der Waals surface area contributed by atoms with Gasteiger partial charge in [0.1, 0.15) is 17.3 Å². The molecule has 99 heavy (non-hydrogen) atoms. The van der Waals surface area contributed by atoms with Gasteiger partial charge >= 0.3 is 0 Å². The molecule has 0 amide bonds. The van der Waals surface area contributed by atoms with E-state index in [-0.39, 0.29) is 84.2 Å². The number of fused-ring (bicyclic) bond motifs is 14. The maximum absolute atomic E-state index is 16.0. The lowest BCUT2D eigenvalue weighted by molar-refractivity contribution is -0.142. The van der Waals surface area contributed by atoms with Crippen molar-refractivity contribution in [2.75, 3.05) is 32.1 Å². The van der Waals surface area contributed by atoms with Crippen molar-refractivity contribution < 1.29 is 55.2 Å². The molecule has 5 aromatic carbocycles. The molecule has 0 spiro atoms. The highest BCUT2D eigenvalue weighted by molar-refractivity contribution is 6.06. The van der Waals surface area contributed by atoms with E-state index >= 15 is 4.79 Å². The second kappa shape index (κ2) is 29.5. The van der Waals surface area contributed by atoms with Gasteiger partial charge in [0.25, 0.3) is 0 Å². The van der Waals surface area contributed by atoms with E-state index in [1.807, 2.05) is 60.8 Å². The highest BCUT2D eigenvalue weighted by atomic mass is 16.5. The van der Waals surface area contributed by atoms with Crippen LogP contribution in [-0.4, -0.2) is 109 Å². The van der Waals surface area contributed by atoms with Crippen LogP contribution in [0.15, 0.2) is 126 Å². The Morgan fingerprint density at radius 1 is 0.707 bits per heavy atom. The van der Waals surface area contributed by atoms with Crippen molar-refractivity contribution in [3.05, 3.63) is 171 Å². The number of allylic oxidation sites excluding steroid dienone is 2. The molecule has 6 aromatic rings. The minimum absolute atomic E-state index is 0.0341. The number of aromatic hydroxyl groups is 3. The second-order valence-electron chi connectivity index (χ2n) is 30.2. The van der Waals surface area contributed by atoms with Gasteiger partial charge in [-0.1, -0.05) is 110 Å². The fraction of sp³-hybridized carbons (Fsp3) is 0.476. The van der Waals surface area contributed by atoms with Gasteiger partial charge in [-0.2, -0.15) is 0 Å². The number of aryl methyl sites for hydroxylation is 1. The Bertz CT molecular complexity index is 4280. The summed E-state index contributed by atoms with van der Waals surface area (Å²) in [5.74, 6) is 18.0. The van der Waals surface area contributed by atoms with E-state index in [4.69, 9.17) is 4.74 Å². The number of H-pyrrole nitrogens is 1. The average molecular weight is 1340 g/mol. The van der Waals surface area contributed by atoms with Crippen molar-refractivity contribution in [2.45, 2.75) is 158 Å². The van der Waals surface area contributed by atoms with E-state index in [0.717, 1.165) is 70.2 Å². The largest absolute Gasteiger partial charge is 0.508 e. The summed E-state index contributed by atoms with van der Waals surface area (Å²) in [4.78, 5) is 34.4. The van der Waals surface area contributed by atoms with Crippen LogP contribution in [0.4, 0.5) is 5.69 Å². The van der Waals surface area contributed by atoms with Gasteiger partial charge in [0.2, 0.25) is 0 Å². The molecule has 17 atom stereocenters. The molecular formula is C84H94N4O11. The summed E-state index contributed by atoms with van der Waals surface area (Å²) in [6.45, 7) is 3.41. The van der Waals surface area contributed by atoms with Gasteiger partial charge in [0, 0.05) is 98.4 Å². The number of phenols is 3. The van der Waals surface area contributed by atoms with E-state index < -0.39 is 71.7 Å². The predicted octanol–water partition coefficient (Wildman–Crippen LogP) is 11.1. The minimum Gasteiger partial charge on any atom is -0.508 e. The molecule has 3 saturated carbocycles. The van der Waals surface area contributed by atoms with Crippen molar-refractivity contribution in [3.8, 4) is 58.5 Å². The third-order valence-corrected chi connectivity index (χ3v) is 24.0. The number of aliphatic hydroxyl groups is 5. The molecule has 0 unspecified atom stereocenters. The lowest BCUT2D eigenvalue weighted by Crippen LogP contribution is -2.40. The van der Waals surface area contributed by atoms with Crippen molar-refractivity contribution in [3.63, 3.8) is 0 Å². The number of aliphatic hydroxyl groups excluding tert-OH is 4. The number of rotatable bonds is 4. The summed E-state index contributed by atoms with van der Waals surface area (Å²) in [7, 11) is 1.47. The highest BCUT2D eigenvalue weighted by Gasteiger charge is 2.48. The Labute approximate surface area is 581 Å². The SMILES string of the molecule is COc1cc2c(cc1O)[C@@H]1C#C[C@H]3C[C@H]4C[C@@H](C[C@@H]3C(=O)[C@@H](O)C(=O)CC2)[C@H]2CC[C@H]3CC[C@@H](CC#CC5=C(NCC=C5[C@@H]4CC#C[C@@H]4C[C@H](C[C@H](C(O)O)[C@H]4Cc4cccc(O)c4)c4ccccc41)Nc1ccc4ccc(c(O)c4c1)C[C@H](O)CNC[C@@H](C)c1c[nH]c(c1)C[C@@H]2O)C3. The Hall–Kier alpha value is -8.30. The summed E-state index contributed by atoms with van der Waals surface area (Å²) in [6, 6.07) is 30.5. The average Bonchev–Trinajstić information content (AvgIpc) is 1.73. The lowest BCUT2D eigenvalue weighted by atomic mass is 9.63. The maximum Gasteiger partial charge on any atom is 0.173 e. The number of ether oxygens (including phenoxy) is 1. The number of Topliss-reactive ketones (excluding diaryl/α,β-unsaturated/α-hetero) is 2. The number of hydrogen-bond acceptors (Lipinski definition) is 14. The van der Waals surface area contributed by atoms with Gasteiger partial charge in [-0.25, -0.2) is 0 Å². The summed E-state index contributed by atoms with van der Waals surface area (Å²) in [5, 5.41) is 108. The van der Waals surface area contributed by atoms with Gasteiger partial charge in [0.15, 0.2) is 35.5 Å². The molecular weight excluding hydrogens is 1240 g/mol. The number of β-amino-alcohol motifs (C(OH)–C–C–N with tert-alkyl or cyclic N) is 1. The molecule has 3 fully saturated rings. The van der Waals surface area contributed by atoms with E-state index in [1.165, 1.54) is 7.11 Å². The molecule has 14 rings (SSSR count). The van der Waals surface area contributed by atoms with Crippen molar-refractivity contribution in [1.29, 1.82) is 0 Å². The van der Waals surface area contributed by atoms with Gasteiger partial charge in [-0.3, -0.25) is 9.59 Å². The van der Waals surface area contributed by atoms with E-state index in [9.17, 15) is 45.6 Å². The Morgan fingerprint density at radius 3 is 2.37 bits per heavy atom. The number of anilines is 1. The van der Waals surface area contributed by atoms with E-state index in [0.29, 0.717) is 123 Å². The predicted molar refractivity (Wildman–Crippen MR) is 381 cm³/mol. The van der Waals surface area contributed by atoms with Crippen LogP contribution in [-0.2, 0) is 35.3 Å². The number of aromatic nitrogens is 1. The third-order valence-electron chi connectivity index (χ3n) is 24.0. The molecule has 15 heteroatoms. The summed E-state index contributed by atoms with van der Waals surface area (Å²) in [5.41, 5.74) is 8.88. The quantitative estimate of drug-likeness (QED) is 0.0446. The van der Waals surface area contributed by atoms with Crippen LogP contribution in [0, 0.1) is 101 Å². The summed E-state index contributed by atoms with van der Waals surface area (Å²) >= 11 is 0. The number of benzene rings is 5. The zero-order valence-corrected chi connectivity index (χ0v) is 56.7. The number of aromatic amines is 1. The molecule has 8 aliphatic rings. The van der Waals surface area contributed by atoms with Crippen LogP contribution in [0.2, 0.25) is 0 Å². The monoisotopic (exact) mass is 1330 g/mol. The fourth-order valence-corrected chi connectivity index (χ4v) is 18.8. The maximum atomic E-state index is 16.0. The highest BCUT2D eigenvalue weighted by Crippen LogP contribution is 2.52. The van der Waals surface area contributed by atoms with Crippen LogP contribution in [0.25, 0.3) is 10.8 Å². The number of methoxy groups -OCH3 is 1. The number of phenolic OH excluding ortho intramolecular Hbond substituents is 3. The van der Waals surface area contributed by atoms with Gasteiger partial charge in [-0.15, -0.1) is 5.92 Å². The first-order valence-electron chi connectivity index (χ1n) is 36.3. The number of carbonyl (C=O) groups is 2. The van der Waals surface area contributed by atoms with Crippen LogP contribution >= 0.6 is 0 Å². The number of dihydropyridines is 1. The molecule has 17 bridgehead atoms. The van der Waals surface area contributed by atoms with E-state index in [2.05, 4.69) is 87.7 Å². The summed E-state index contributed by atoms with van der Waals surface area (Å²) in [6.07, 6.45) is 7.41. The molecule has 12 N–H and O–H groups in total. The Morgan fingerprint density at radius 2 is 1.54 bits per heavy atom. The first-order valence-corrected chi connectivity index (χ1v) is 36.3. The molecule has 3 heterocycles. The molecule has 0 saturated heterocycles. The zero-order chi connectivity index (χ0) is 68.6. The number of carbonyl (C=O) groups excluding carboxylic acids is 2. The number of hydrogen-bond donors (Lipinski definition) is 12. The standard InChI is InChI=1S/C84H94N4O11/c1-47-44-85-46-63(90)37-55-20-19-51-21-24-60(41-74(51)80(55)94)88-83-70-15-6-8-48-16-17-49(30-48)18-25-66(77(92)42-61-36-59(47)45-87-61)58-35-56-34-53-22-26-68(72-43-78(93)79(99-2)40-54(72)23-27-76(91)82(96)81(95)73(53)38-58)67-13-4-3-12-64(67)57-33-52(10-7-14-65(56)69(70)28-29-86-83)71(75(39-57)84(97)98)32-50-9-5-11-62(89)31-50/h3-5,9,11-13,19-21,24,28,31,36,40-41,43,45,47-49,52-53,56-58,63,65-66,68,71,73,75,77,82,84-90,92-94,96-98H,8,14,16-18,23,25,27,29-30,32-35,37-39,42,44,46H2,1-2H3/t47-,48-,49-,52-,53+,56+,57-,58+,63+,65-,66-,68-,71+,73+,75+,77+,82+/m1/s1. The topological polar surface area (TPSA) is 257 Å². The molecule has 2 aliphatic heterocycles. The van der Waals surface area contributed by atoms with Gasteiger partial charge in [0.05, 0.1) is 30.8 Å². The van der Waals surface area contributed by atoms with Crippen LogP contribution in [0.5, 0.6) is 23.0 Å². The van der Waals surface area contributed by atoms with Crippen molar-refractivity contribution >= 4 is 28.0 Å². The van der Waals surface area contributed by atoms with Crippen LogP contribution in [0.1, 0.15) is 153 Å². The number of ketones is 2. The second-order valence-corrected chi connectivity index (χ2v) is 30.2. The summed E-state index contributed by atoms with van der Waals surface area (Å²) < 4.78 is 5.73. The molecule has 15 nitrogen and oxygen atoms in total. The van der Waals surface area contributed by atoms with E-state index in [1.54, 1.807) is 24.3 Å². The zero-order valence-electron chi connectivity index (χ0n) is 56.7. The van der Waals surface area contributed by atoms with Crippen molar-refractivity contribution in [2.24, 2.45) is 65.1 Å². The Kier molecular flexibility index (Phi) is 20.2. The molecule has 0 radical (unpaired) electrons. The smallest absolute Gasteiger partial charge is 0.173 e. The normalized spacial score (nSPS) is 31.2. The van der Waals surface area contributed by atoms with Gasteiger partial charge in [-0.05, 0) is 210 Å². The fourth-order valence-electron chi connectivity index (χ4n) is 18.8.